The van der Waals surface area contributed by atoms with Crippen molar-refractivity contribution in [3.63, 3.8) is 0 Å². The molecule has 0 spiro atoms. The Bertz CT molecular complexity index is 390. The van der Waals surface area contributed by atoms with Gasteiger partial charge in [0.2, 0.25) is 6.04 Å². The quantitative estimate of drug-likeness (QED) is 0.645. The van der Waals surface area contributed by atoms with Crippen molar-refractivity contribution < 1.29 is 4.92 Å². The van der Waals surface area contributed by atoms with E-state index in [9.17, 15) is 10.1 Å². The van der Waals surface area contributed by atoms with Crippen molar-refractivity contribution in [1.29, 1.82) is 0 Å². The van der Waals surface area contributed by atoms with E-state index in [-0.39, 0.29) is 11.0 Å². The van der Waals surface area contributed by atoms with Gasteiger partial charge in [-0.15, -0.1) is 0 Å². The number of nitro groups is 1. The van der Waals surface area contributed by atoms with Crippen LogP contribution < -0.4 is 5.32 Å². The molecule has 1 aromatic carbocycles. The highest BCUT2D eigenvalue weighted by atomic mass is 16.6. The highest BCUT2D eigenvalue weighted by Crippen LogP contribution is 2.26. The molecule has 0 aliphatic carbocycles. The van der Waals surface area contributed by atoms with Crippen molar-refractivity contribution in [2.45, 2.75) is 19.0 Å². The van der Waals surface area contributed by atoms with Crippen molar-refractivity contribution in [3.8, 4) is 0 Å². The number of benzene rings is 1. The second-order valence-electron chi connectivity index (χ2n) is 4.67. The Kier molecular flexibility index (Phi) is 4.28. The normalized spacial score (nSPS) is 20.3. The van der Waals surface area contributed by atoms with Crippen molar-refractivity contribution >= 4 is 0 Å². The topological polar surface area (TPSA) is 58.4 Å². The van der Waals surface area contributed by atoms with Crippen LogP contribution in [0.3, 0.4) is 0 Å². The number of piperazine rings is 1. The van der Waals surface area contributed by atoms with Crippen LogP contribution >= 0.6 is 0 Å². The molecule has 98 valence electrons. The second-order valence-corrected chi connectivity index (χ2v) is 4.67. The number of rotatable bonds is 4. The molecule has 0 bridgehead atoms. The van der Waals surface area contributed by atoms with Gasteiger partial charge in [0.15, 0.2) is 0 Å². The predicted molar refractivity (Wildman–Crippen MR) is 70.1 cm³/mol. The molecule has 0 radical (unpaired) electrons. The lowest BCUT2D eigenvalue weighted by Crippen LogP contribution is -2.48. The fourth-order valence-corrected chi connectivity index (χ4v) is 2.52. The summed E-state index contributed by atoms with van der Waals surface area (Å²) in [6.45, 7) is 5.21. The molecule has 1 aromatic rings. The van der Waals surface area contributed by atoms with E-state index in [0.29, 0.717) is 0 Å². The van der Waals surface area contributed by atoms with Gasteiger partial charge in [-0.2, -0.15) is 0 Å². The van der Waals surface area contributed by atoms with Gasteiger partial charge >= 0.3 is 0 Å². The Morgan fingerprint density at radius 2 is 1.89 bits per heavy atom. The molecule has 5 heteroatoms. The Balaban J connectivity index is 2.25. The van der Waals surface area contributed by atoms with Gasteiger partial charge < -0.3 is 5.32 Å². The Morgan fingerprint density at radius 3 is 2.44 bits per heavy atom. The minimum absolute atomic E-state index is 0.136. The van der Waals surface area contributed by atoms with E-state index in [0.717, 1.165) is 31.7 Å². The maximum absolute atomic E-state index is 11.1. The summed E-state index contributed by atoms with van der Waals surface area (Å²) in [5.41, 5.74) is 1.03. The first-order valence-corrected chi connectivity index (χ1v) is 6.33. The molecule has 0 saturated carbocycles. The van der Waals surface area contributed by atoms with Gasteiger partial charge in [-0.3, -0.25) is 15.0 Å². The summed E-state index contributed by atoms with van der Waals surface area (Å²) in [5.74, 6) is 0. The molecule has 0 amide bonds. The zero-order valence-corrected chi connectivity index (χ0v) is 10.6. The largest absolute Gasteiger partial charge is 0.314 e. The lowest BCUT2D eigenvalue weighted by atomic mass is 9.98. The maximum Gasteiger partial charge on any atom is 0.229 e. The standard InChI is InChI=1S/C13H19N3O2/c1-11(16(17)18)13(12-5-3-2-4-6-12)15-9-7-14-8-10-15/h2-6,11,13-14H,7-10H2,1H3. The number of nitrogens with one attached hydrogen (secondary N) is 1. The van der Waals surface area contributed by atoms with Gasteiger partial charge in [-0.05, 0) is 5.56 Å². The number of nitrogens with zero attached hydrogens (tertiary/aromatic N) is 2. The van der Waals surface area contributed by atoms with Crippen LogP contribution in [0.25, 0.3) is 0 Å². The summed E-state index contributed by atoms with van der Waals surface area (Å²) in [6, 6.07) is 9.05. The fourth-order valence-electron chi connectivity index (χ4n) is 2.52. The van der Waals surface area contributed by atoms with E-state index >= 15 is 0 Å². The fraction of sp³-hybridized carbons (Fsp3) is 0.538. The molecule has 2 atom stereocenters. The zero-order valence-electron chi connectivity index (χ0n) is 10.6. The van der Waals surface area contributed by atoms with Crippen molar-refractivity contribution in [3.05, 3.63) is 46.0 Å². The highest BCUT2D eigenvalue weighted by molar-refractivity contribution is 5.20. The minimum atomic E-state index is -0.592. The van der Waals surface area contributed by atoms with E-state index < -0.39 is 6.04 Å². The number of hydrogen-bond acceptors (Lipinski definition) is 4. The van der Waals surface area contributed by atoms with Crippen molar-refractivity contribution in [2.75, 3.05) is 26.2 Å². The molecule has 1 aliphatic heterocycles. The zero-order chi connectivity index (χ0) is 13.0. The van der Waals surface area contributed by atoms with Crippen LogP contribution in [0.15, 0.2) is 30.3 Å². The monoisotopic (exact) mass is 249 g/mol. The summed E-state index contributed by atoms with van der Waals surface area (Å²) in [4.78, 5) is 13.1. The Morgan fingerprint density at radius 1 is 1.28 bits per heavy atom. The molecule has 1 fully saturated rings. The molecule has 2 unspecified atom stereocenters. The number of hydrogen-bond donors (Lipinski definition) is 1. The lowest BCUT2D eigenvalue weighted by molar-refractivity contribution is -0.527. The summed E-state index contributed by atoms with van der Waals surface area (Å²) >= 11 is 0. The first kappa shape index (κ1) is 13.0. The maximum atomic E-state index is 11.1. The van der Waals surface area contributed by atoms with E-state index in [1.165, 1.54) is 0 Å². The highest BCUT2D eigenvalue weighted by Gasteiger charge is 2.33. The van der Waals surface area contributed by atoms with E-state index in [4.69, 9.17) is 0 Å². The molecular formula is C13H19N3O2. The molecule has 5 nitrogen and oxygen atoms in total. The van der Waals surface area contributed by atoms with Crippen LogP contribution in [0.4, 0.5) is 0 Å². The van der Waals surface area contributed by atoms with Crippen LogP contribution in [-0.4, -0.2) is 42.0 Å². The van der Waals surface area contributed by atoms with Crippen LogP contribution in [0.1, 0.15) is 18.5 Å². The van der Waals surface area contributed by atoms with Gasteiger partial charge in [0.25, 0.3) is 0 Å². The molecule has 1 N–H and O–H groups in total. The van der Waals surface area contributed by atoms with Crippen LogP contribution in [0.2, 0.25) is 0 Å². The van der Waals surface area contributed by atoms with E-state index in [1.807, 2.05) is 30.3 Å². The van der Waals surface area contributed by atoms with Crippen LogP contribution in [0.5, 0.6) is 0 Å². The Labute approximate surface area is 107 Å². The summed E-state index contributed by atoms with van der Waals surface area (Å²) < 4.78 is 0. The summed E-state index contributed by atoms with van der Waals surface area (Å²) in [7, 11) is 0. The molecule has 1 heterocycles. The van der Waals surface area contributed by atoms with Gasteiger partial charge in [0, 0.05) is 38.0 Å². The first-order chi connectivity index (χ1) is 8.70. The third-order valence-electron chi connectivity index (χ3n) is 3.48. The Hall–Kier alpha value is -1.46. The van der Waals surface area contributed by atoms with Crippen molar-refractivity contribution in [1.82, 2.24) is 10.2 Å². The lowest BCUT2D eigenvalue weighted by Gasteiger charge is -2.35. The van der Waals surface area contributed by atoms with Gasteiger partial charge in [-0.25, -0.2) is 0 Å². The average Bonchev–Trinajstić information content (AvgIpc) is 2.41. The van der Waals surface area contributed by atoms with Crippen molar-refractivity contribution in [2.24, 2.45) is 0 Å². The summed E-state index contributed by atoms with van der Waals surface area (Å²) in [5, 5.41) is 14.4. The predicted octanol–water partition coefficient (Wildman–Crippen LogP) is 1.30. The minimum Gasteiger partial charge on any atom is -0.314 e. The van der Waals surface area contributed by atoms with Gasteiger partial charge in [0.1, 0.15) is 6.04 Å². The van der Waals surface area contributed by atoms with Crippen LogP contribution in [0, 0.1) is 10.1 Å². The van der Waals surface area contributed by atoms with E-state index in [2.05, 4.69) is 10.2 Å². The first-order valence-electron chi connectivity index (χ1n) is 6.33. The van der Waals surface area contributed by atoms with Crippen LogP contribution in [-0.2, 0) is 0 Å². The van der Waals surface area contributed by atoms with Gasteiger partial charge in [0.05, 0.1) is 0 Å². The van der Waals surface area contributed by atoms with E-state index in [1.54, 1.807) is 6.92 Å². The smallest absolute Gasteiger partial charge is 0.229 e. The third-order valence-corrected chi connectivity index (χ3v) is 3.48. The second kappa shape index (κ2) is 5.93. The average molecular weight is 249 g/mol. The molecule has 1 saturated heterocycles. The molecule has 2 rings (SSSR count). The SMILES string of the molecule is CC(C(c1ccccc1)N1CCNCC1)[N+](=O)[O-]. The molecule has 18 heavy (non-hydrogen) atoms. The molecule has 0 aromatic heterocycles. The third kappa shape index (κ3) is 2.86. The molecular weight excluding hydrogens is 230 g/mol. The van der Waals surface area contributed by atoms with Gasteiger partial charge in [-0.1, -0.05) is 30.3 Å². The summed E-state index contributed by atoms with van der Waals surface area (Å²) in [6.07, 6.45) is 0. The molecule has 1 aliphatic rings.